The van der Waals surface area contributed by atoms with E-state index < -0.39 is 30.5 Å². The molecule has 0 heterocycles. The van der Waals surface area contributed by atoms with E-state index in [0.717, 1.165) is 9.13 Å². The van der Waals surface area contributed by atoms with E-state index in [2.05, 4.69) is 32.6 Å². The minimum Gasteiger partial charge on any atom is -0.480 e. The topological polar surface area (TPSA) is 92.7 Å². The Hall–Kier alpha value is -1.64. The highest BCUT2D eigenvalue weighted by Gasteiger charge is 2.20. The Labute approximate surface area is 129 Å². The lowest BCUT2D eigenvalue weighted by atomic mass is 10.1. The third-order valence-corrected chi connectivity index (χ3v) is 3.04. The van der Waals surface area contributed by atoms with Gasteiger partial charge in [-0.05, 0) is 40.3 Å². The van der Waals surface area contributed by atoms with Crippen molar-refractivity contribution in [3.63, 3.8) is 0 Å². The third kappa shape index (κ3) is 6.00. The Morgan fingerprint density at radius 2 is 2.10 bits per heavy atom. The van der Waals surface area contributed by atoms with Gasteiger partial charge in [-0.25, -0.2) is 4.79 Å². The van der Waals surface area contributed by atoms with Crippen molar-refractivity contribution in [1.29, 1.82) is 0 Å². The highest BCUT2D eigenvalue weighted by atomic mass is 127. The number of esters is 1. The molecule has 0 aliphatic carbocycles. The summed E-state index contributed by atoms with van der Waals surface area (Å²) >= 11 is 2.12. The summed E-state index contributed by atoms with van der Waals surface area (Å²) in [6.45, 7) is 0.694. The summed E-state index contributed by atoms with van der Waals surface area (Å²) in [5.41, 5.74) is 0.803. The van der Waals surface area contributed by atoms with Crippen LogP contribution in [0.3, 0.4) is 0 Å². The zero-order valence-corrected chi connectivity index (χ0v) is 12.9. The van der Waals surface area contributed by atoms with Gasteiger partial charge in [0.1, 0.15) is 6.04 Å². The van der Waals surface area contributed by atoms with Crippen LogP contribution in [0.1, 0.15) is 12.5 Å². The number of amides is 1. The first-order valence-corrected chi connectivity index (χ1v) is 6.86. The summed E-state index contributed by atoms with van der Waals surface area (Å²) < 4.78 is 5.49. The number of rotatable bonds is 6. The van der Waals surface area contributed by atoms with Crippen molar-refractivity contribution in [2.45, 2.75) is 19.4 Å². The average molecular weight is 391 g/mol. The Balaban J connectivity index is 2.63. The predicted molar refractivity (Wildman–Crippen MR) is 79.1 cm³/mol. The normalized spacial score (nSPS) is 11.5. The molecule has 0 saturated carbocycles. The van der Waals surface area contributed by atoms with Gasteiger partial charge in [0.2, 0.25) is 0 Å². The third-order valence-electron chi connectivity index (χ3n) is 2.37. The molecule has 1 aromatic rings. The van der Waals surface area contributed by atoms with Crippen molar-refractivity contribution in [2.75, 3.05) is 6.61 Å². The molecule has 6 nitrogen and oxygen atoms in total. The number of nitrogens with one attached hydrogen (secondary N) is 1. The number of carbonyl (C=O) groups excluding carboxylic acids is 2. The average Bonchev–Trinajstić information content (AvgIpc) is 2.35. The molecule has 7 heteroatoms. The monoisotopic (exact) mass is 391 g/mol. The Kier molecular flexibility index (Phi) is 6.43. The maximum Gasteiger partial charge on any atom is 0.326 e. The molecule has 0 saturated heterocycles. The lowest BCUT2D eigenvalue weighted by molar-refractivity contribution is -0.148. The second kappa shape index (κ2) is 7.83. The molecule has 0 aliphatic heterocycles. The predicted octanol–water partition coefficient (Wildman–Crippen LogP) is 0.966. The minimum absolute atomic E-state index is 0.165. The number of halogens is 1. The largest absolute Gasteiger partial charge is 0.480 e. The Morgan fingerprint density at radius 1 is 1.40 bits per heavy atom. The lowest BCUT2D eigenvalue weighted by Gasteiger charge is -2.14. The molecule has 20 heavy (non-hydrogen) atoms. The molecule has 2 N–H and O–H groups in total. The van der Waals surface area contributed by atoms with Gasteiger partial charge in [0.25, 0.3) is 5.91 Å². The van der Waals surface area contributed by atoms with Crippen LogP contribution in [-0.2, 0) is 25.5 Å². The van der Waals surface area contributed by atoms with Gasteiger partial charge in [-0.1, -0.05) is 12.1 Å². The molecule has 0 fully saturated rings. The maximum atomic E-state index is 11.5. The summed E-state index contributed by atoms with van der Waals surface area (Å²) in [5.74, 6) is -2.37. The van der Waals surface area contributed by atoms with Gasteiger partial charge in [-0.3, -0.25) is 9.59 Å². The molecule has 1 rings (SSSR count). The zero-order valence-electron chi connectivity index (χ0n) is 10.8. The van der Waals surface area contributed by atoms with E-state index in [4.69, 9.17) is 5.11 Å². The van der Waals surface area contributed by atoms with E-state index in [-0.39, 0.29) is 6.42 Å². The van der Waals surface area contributed by atoms with E-state index in [0.29, 0.717) is 0 Å². The molecule has 1 aromatic carbocycles. The Morgan fingerprint density at radius 3 is 2.65 bits per heavy atom. The molecule has 108 valence electrons. The first kappa shape index (κ1) is 16.4. The van der Waals surface area contributed by atoms with Gasteiger partial charge >= 0.3 is 11.9 Å². The molecule has 0 radical (unpaired) electrons. The van der Waals surface area contributed by atoms with Crippen LogP contribution in [0.25, 0.3) is 0 Å². The first-order valence-electron chi connectivity index (χ1n) is 5.78. The molecule has 1 amide bonds. The van der Waals surface area contributed by atoms with Gasteiger partial charge in [-0.15, -0.1) is 0 Å². The van der Waals surface area contributed by atoms with E-state index in [1.807, 2.05) is 18.2 Å². The summed E-state index contributed by atoms with van der Waals surface area (Å²) in [5, 5.41) is 11.4. The molecule has 0 bridgehead atoms. The quantitative estimate of drug-likeness (QED) is 0.557. The second-order valence-corrected chi connectivity index (χ2v) is 5.32. The standard InChI is InChI=1S/C13H14INO5/c1-8(16)20-7-12(17)15-11(13(18)19)6-9-3-2-4-10(14)5-9/h2-5,11H,6-7H2,1H3,(H,15,17)(H,18,19)/t11-/m1/s1. The van der Waals surface area contributed by atoms with Crippen molar-refractivity contribution >= 4 is 40.4 Å². The van der Waals surface area contributed by atoms with E-state index >= 15 is 0 Å². The van der Waals surface area contributed by atoms with Gasteiger partial charge in [0, 0.05) is 16.9 Å². The van der Waals surface area contributed by atoms with Crippen molar-refractivity contribution in [3.8, 4) is 0 Å². The number of carbonyl (C=O) groups is 3. The van der Waals surface area contributed by atoms with Crippen LogP contribution in [0.4, 0.5) is 0 Å². The fourth-order valence-corrected chi connectivity index (χ4v) is 2.11. The second-order valence-electron chi connectivity index (χ2n) is 4.07. The Bertz CT molecular complexity index is 517. The van der Waals surface area contributed by atoms with Crippen LogP contribution < -0.4 is 5.32 Å². The fraction of sp³-hybridized carbons (Fsp3) is 0.308. The smallest absolute Gasteiger partial charge is 0.326 e. The van der Waals surface area contributed by atoms with Crippen LogP contribution >= 0.6 is 22.6 Å². The van der Waals surface area contributed by atoms with Crippen LogP contribution in [0, 0.1) is 3.57 Å². The zero-order chi connectivity index (χ0) is 15.1. The number of aliphatic carboxylic acids is 1. The van der Waals surface area contributed by atoms with Crippen LogP contribution in [0.15, 0.2) is 24.3 Å². The lowest BCUT2D eigenvalue weighted by Crippen LogP contribution is -2.44. The number of hydrogen-bond donors (Lipinski definition) is 2. The number of benzene rings is 1. The van der Waals surface area contributed by atoms with E-state index in [1.54, 1.807) is 6.07 Å². The molecule has 1 atom stereocenters. The molecular formula is C13H14INO5. The summed E-state index contributed by atoms with van der Waals surface area (Å²) in [6, 6.07) is 6.28. The van der Waals surface area contributed by atoms with Crippen LogP contribution in [0.5, 0.6) is 0 Å². The minimum atomic E-state index is -1.14. The number of carboxylic acids is 1. The highest BCUT2D eigenvalue weighted by molar-refractivity contribution is 14.1. The summed E-state index contributed by atoms with van der Waals surface area (Å²) in [7, 11) is 0. The number of ether oxygens (including phenoxy) is 1. The molecule has 0 spiro atoms. The highest BCUT2D eigenvalue weighted by Crippen LogP contribution is 2.10. The van der Waals surface area contributed by atoms with Crippen LogP contribution in [0.2, 0.25) is 0 Å². The van der Waals surface area contributed by atoms with E-state index in [1.165, 1.54) is 6.92 Å². The summed E-state index contributed by atoms with van der Waals surface area (Å²) in [6.07, 6.45) is 0.165. The molecule has 0 unspecified atom stereocenters. The number of carboxylic acid groups (broad SMARTS) is 1. The molecule has 0 aliphatic rings. The van der Waals surface area contributed by atoms with Crippen LogP contribution in [-0.4, -0.2) is 35.6 Å². The van der Waals surface area contributed by atoms with Crippen molar-refractivity contribution in [3.05, 3.63) is 33.4 Å². The van der Waals surface area contributed by atoms with Crippen molar-refractivity contribution < 1.29 is 24.2 Å². The van der Waals surface area contributed by atoms with Gasteiger partial charge in [0.05, 0.1) is 0 Å². The maximum absolute atomic E-state index is 11.5. The SMILES string of the molecule is CC(=O)OCC(=O)N[C@H](Cc1cccc(I)c1)C(=O)O. The van der Waals surface area contributed by atoms with E-state index in [9.17, 15) is 14.4 Å². The van der Waals surface area contributed by atoms with Crippen molar-refractivity contribution in [1.82, 2.24) is 5.32 Å². The van der Waals surface area contributed by atoms with Gasteiger partial charge in [0.15, 0.2) is 6.61 Å². The van der Waals surface area contributed by atoms with Crippen molar-refractivity contribution in [2.24, 2.45) is 0 Å². The first-order chi connectivity index (χ1) is 9.38. The molecule has 0 aromatic heterocycles. The van der Waals surface area contributed by atoms with Gasteiger partial charge in [-0.2, -0.15) is 0 Å². The van der Waals surface area contributed by atoms with Gasteiger partial charge < -0.3 is 15.2 Å². The number of hydrogen-bond acceptors (Lipinski definition) is 4. The fourth-order valence-electron chi connectivity index (χ4n) is 1.50. The molecular weight excluding hydrogens is 377 g/mol. The summed E-state index contributed by atoms with van der Waals surface area (Å²) in [4.78, 5) is 33.2.